The van der Waals surface area contributed by atoms with Crippen molar-refractivity contribution in [3.63, 3.8) is 0 Å². The first-order valence-corrected chi connectivity index (χ1v) is 6.52. The average molecular weight is 298 g/mol. The number of esters is 3. The van der Waals surface area contributed by atoms with E-state index >= 15 is 0 Å². The molecule has 0 aliphatic carbocycles. The molecule has 8 nitrogen and oxygen atoms in total. The second-order valence-electron chi connectivity index (χ2n) is 5.18. The number of carbonyl (C=O) groups excluding carboxylic acids is 3. The zero-order valence-electron chi connectivity index (χ0n) is 11.0. The monoisotopic (exact) mass is 298 g/mol. The molecular formula is C13H14O8. The largest absolute Gasteiger partial charge is 0.455 e. The highest BCUT2D eigenvalue weighted by atomic mass is 16.7. The number of hydrogen-bond donors (Lipinski definition) is 1. The van der Waals surface area contributed by atoms with E-state index in [1.807, 2.05) is 0 Å². The van der Waals surface area contributed by atoms with Crippen molar-refractivity contribution < 1.29 is 38.4 Å². The number of carbonyl (C=O) groups is 3. The normalized spacial score (nSPS) is 35.5. The molecule has 114 valence electrons. The van der Waals surface area contributed by atoms with Crippen LogP contribution in [-0.2, 0) is 33.3 Å². The van der Waals surface area contributed by atoms with Crippen molar-refractivity contribution in [3.05, 3.63) is 12.2 Å². The maximum Gasteiger partial charge on any atom is 0.344 e. The first kappa shape index (κ1) is 14.0. The smallest absolute Gasteiger partial charge is 0.344 e. The molecule has 5 unspecified atom stereocenters. The van der Waals surface area contributed by atoms with Crippen molar-refractivity contribution in [2.75, 3.05) is 13.2 Å². The van der Waals surface area contributed by atoms with Crippen molar-refractivity contribution in [3.8, 4) is 0 Å². The number of aliphatic hydroxyl groups excluding tert-OH is 1. The van der Waals surface area contributed by atoms with Gasteiger partial charge in [0.1, 0.15) is 6.10 Å². The molecule has 2 bridgehead atoms. The molecule has 0 radical (unpaired) electrons. The summed E-state index contributed by atoms with van der Waals surface area (Å²) in [5.41, 5.74) is -0.154. The van der Waals surface area contributed by atoms with Crippen LogP contribution in [0.3, 0.4) is 0 Å². The molecular weight excluding hydrogens is 284 g/mol. The van der Waals surface area contributed by atoms with Crippen molar-refractivity contribution >= 4 is 17.9 Å². The third-order valence-electron chi connectivity index (χ3n) is 3.85. The Morgan fingerprint density at radius 3 is 2.86 bits per heavy atom. The van der Waals surface area contributed by atoms with E-state index < -0.39 is 37.4 Å². The average Bonchev–Trinajstić information content (AvgIpc) is 3.08. The van der Waals surface area contributed by atoms with Crippen LogP contribution < -0.4 is 0 Å². The lowest BCUT2D eigenvalue weighted by atomic mass is 9.88. The Kier molecular flexibility index (Phi) is 3.42. The van der Waals surface area contributed by atoms with Gasteiger partial charge in [0.05, 0.1) is 24.2 Å². The van der Waals surface area contributed by atoms with E-state index in [1.165, 1.54) is 0 Å². The van der Waals surface area contributed by atoms with Crippen LogP contribution in [0.5, 0.6) is 0 Å². The predicted octanol–water partition coefficient (Wildman–Crippen LogP) is -1.30. The number of hydrogen-bond acceptors (Lipinski definition) is 8. The highest BCUT2D eigenvalue weighted by molar-refractivity contribution is 5.89. The van der Waals surface area contributed by atoms with E-state index in [4.69, 9.17) is 19.3 Å². The first-order chi connectivity index (χ1) is 10.0. The number of rotatable bonds is 5. The molecule has 8 heteroatoms. The molecule has 0 aromatic carbocycles. The lowest BCUT2D eigenvalue weighted by molar-refractivity contribution is -0.167. The zero-order valence-corrected chi connectivity index (χ0v) is 11.0. The summed E-state index contributed by atoms with van der Waals surface area (Å²) in [6, 6.07) is 0. The van der Waals surface area contributed by atoms with E-state index in [0.717, 1.165) is 0 Å². The van der Waals surface area contributed by atoms with Crippen LogP contribution in [0.4, 0.5) is 0 Å². The van der Waals surface area contributed by atoms with Crippen LogP contribution in [0.1, 0.15) is 6.42 Å². The summed E-state index contributed by atoms with van der Waals surface area (Å²) in [5.74, 6) is -2.22. The summed E-state index contributed by atoms with van der Waals surface area (Å²) in [7, 11) is 0. The summed E-state index contributed by atoms with van der Waals surface area (Å²) >= 11 is 0. The minimum absolute atomic E-state index is 0.154. The van der Waals surface area contributed by atoms with Crippen LogP contribution in [0.2, 0.25) is 0 Å². The van der Waals surface area contributed by atoms with Gasteiger partial charge in [0.15, 0.2) is 18.8 Å². The Morgan fingerprint density at radius 1 is 1.38 bits per heavy atom. The Labute approximate surface area is 119 Å². The number of aliphatic hydroxyl groups is 1. The van der Waals surface area contributed by atoms with Gasteiger partial charge < -0.3 is 24.1 Å². The molecule has 3 aliphatic heterocycles. The van der Waals surface area contributed by atoms with Crippen LogP contribution in [-0.4, -0.2) is 60.6 Å². The molecule has 3 heterocycles. The molecule has 0 spiro atoms. The first-order valence-electron chi connectivity index (χ1n) is 6.52. The SMILES string of the molecule is C=C(CO)C(=O)OCC(=O)OC1C2CC3C(=O)OC1C3O2. The summed E-state index contributed by atoms with van der Waals surface area (Å²) in [6.07, 6.45) is -1.47. The topological polar surface area (TPSA) is 108 Å². The van der Waals surface area contributed by atoms with Crippen molar-refractivity contribution in [2.45, 2.75) is 30.8 Å². The lowest BCUT2D eigenvalue weighted by Crippen LogP contribution is -2.40. The van der Waals surface area contributed by atoms with Crippen LogP contribution in [0.15, 0.2) is 12.2 Å². The van der Waals surface area contributed by atoms with Gasteiger partial charge in [-0.25, -0.2) is 9.59 Å². The van der Waals surface area contributed by atoms with Gasteiger partial charge >= 0.3 is 17.9 Å². The third kappa shape index (κ3) is 2.30. The van der Waals surface area contributed by atoms with Crippen molar-refractivity contribution in [2.24, 2.45) is 5.92 Å². The number of fused-ring (bicyclic) bond motifs is 1. The van der Waals surface area contributed by atoms with Crippen molar-refractivity contribution in [1.82, 2.24) is 0 Å². The fourth-order valence-electron chi connectivity index (χ4n) is 2.86. The molecule has 5 atom stereocenters. The third-order valence-corrected chi connectivity index (χ3v) is 3.85. The maximum absolute atomic E-state index is 11.7. The minimum atomic E-state index is -0.869. The second kappa shape index (κ2) is 5.12. The zero-order chi connectivity index (χ0) is 15.1. The van der Waals surface area contributed by atoms with Crippen LogP contribution in [0, 0.1) is 5.92 Å². The van der Waals surface area contributed by atoms with Gasteiger partial charge in [-0.3, -0.25) is 4.79 Å². The summed E-state index contributed by atoms with van der Waals surface area (Å²) in [5, 5.41) is 8.69. The van der Waals surface area contributed by atoms with Crippen molar-refractivity contribution in [1.29, 1.82) is 0 Å². The minimum Gasteiger partial charge on any atom is -0.455 e. The number of ether oxygens (including phenoxy) is 4. The molecule has 0 aromatic heterocycles. The fourth-order valence-corrected chi connectivity index (χ4v) is 2.86. The molecule has 3 rings (SSSR count). The molecule has 3 fully saturated rings. The van der Waals surface area contributed by atoms with E-state index in [0.29, 0.717) is 6.42 Å². The van der Waals surface area contributed by atoms with Gasteiger partial charge in [0.25, 0.3) is 0 Å². The quantitative estimate of drug-likeness (QED) is 0.379. The molecule has 21 heavy (non-hydrogen) atoms. The van der Waals surface area contributed by atoms with Crippen LogP contribution >= 0.6 is 0 Å². The molecule has 0 aromatic rings. The van der Waals surface area contributed by atoms with E-state index in [2.05, 4.69) is 11.3 Å². The van der Waals surface area contributed by atoms with Crippen LogP contribution in [0.25, 0.3) is 0 Å². The van der Waals surface area contributed by atoms with Gasteiger partial charge in [-0.05, 0) is 6.42 Å². The van der Waals surface area contributed by atoms with E-state index in [-0.39, 0.29) is 29.7 Å². The van der Waals surface area contributed by atoms with Gasteiger partial charge in [-0.15, -0.1) is 0 Å². The molecule has 0 amide bonds. The summed E-state index contributed by atoms with van der Waals surface area (Å²) in [4.78, 5) is 34.4. The molecule has 3 aliphatic rings. The van der Waals surface area contributed by atoms with E-state index in [1.54, 1.807) is 0 Å². The highest BCUT2D eigenvalue weighted by Crippen LogP contribution is 2.47. The Balaban J connectivity index is 1.51. The van der Waals surface area contributed by atoms with Gasteiger partial charge in [0, 0.05) is 0 Å². The highest BCUT2D eigenvalue weighted by Gasteiger charge is 2.65. The van der Waals surface area contributed by atoms with E-state index in [9.17, 15) is 14.4 Å². The maximum atomic E-state index is 11.7. The Hall–Kier alpha value is -1.93. The standard InChI is InChI=1S/C13H14O8/c1-5(3-14)12(16)18-4-8(15)20-10-7-2-6-9(19-7)11(10)21-13(6)17/h6-7,9-11,14H,1-4H2. The summed E-state index contributed by atoms with van der Waals surface area (Å²) < 4.78 is 20.5. The molecule has 1 N–H and O–H groups in total. The van der Waals surface area contributed by atoms with Gasteiger partial charge in [0.2, 0.25) is 0 Å². The second-order valence-corrected chi connectivity index (χ2v) is 5.18. The summed E-state index contributed by atoms with van der Waals surface area (Å²) in [6.45, 7) is 2.12. The fraction of sp³-hybridized carbons (Fsp3) is 0.615. The molecule has 3 saturated heterocycles. The Bertz CT molecular complexity index is 512. The van der Waals surface area contributed by atoms with Gasteiger partial charge in [-0.1, -0.05) is 6.58 Å². The predicted molar refractivity (Wildman–Crippen MR) is 63.7 cm³/mol. The Morgan fingerprint density at radius 2 is 2.14 bits per heavy atom. The van der Waals surface area contributed by atoms with Gasteiger partial charge in [-0.2, -0.15) is 0 Å². The lowest BCUT2D eigenvalue weighted by Gasteiger charge is -2.22. The molecule has 0 saturated carbocycles.